The lowest BCUT2D eigenvalue weighted by Crippen LogP contribution is -2.20. The Balaban J connectivity index is 2.16. The molecule has 0 spiro atoms. The molecular formula is C13H8ClF3N2O2. The van der Waals surface area contributed by atoms with Gasteiger partial charge in [-0.25, -0.2) is 18.0 Å². The number of aromatic hydroxyl groups is 1. The summed E-state index contributed by atoms with van der Waals surface area (Å²) in [5.41, 5.74) is -0.573. The Labute approximate surface area is 122 Å². The normalized spacial score (nSPS) is 10.3. The summed E-state index contributed by atoms with van der Waals surface area (Å²) in [5, 5.41) is 13.9. The minimum absolute atomic E-state index is 0.0250. The Hall–Kier alpha value is -2.41. The van der Waals surface area contributed by atoms with Gasteiger partial charge in [-0.05, 0) is 30.3 Å². The zero-order valence-electron chi connectivity index (χ0n) is 10.3. The van der Waals surface area contributed by atoms with Crippen molar-refractivity contribution in [3.8, 4) is 5.75 Å². The molecule has 0 radical (unpaired) electrons. The molecule has 110 valence electrons. The number of rotatable bonds is 2. The summed E-state index contributed by atoms with van der Waals surface area (Å²) in [5.74, 6) is -4.86. The number of hydrogen-bond acceptors (Lipinski definition) is 2. The van der Waals surface area contributed by atoms with Crippen LogP contribution in [0.5, 0.6) is 5.75 Å². The van der Waals surface area contributed by atoms with Gasteiger partial charge in [-0.3, -0.25) is 0 Å². The highest BCUT2D eigenvalue weighted by molar-refractivity contribution is 6.31. The van der Waals surface area contributed by atoms with Crippen molar-refractivity contribution in [3.05, 3.63) is 52.8 Å². The Morgan fingerprint density at radius 1 is 1.00 bits per heavy atom. The first-order valence-electron chi connectivity index (χ1n) is 5.58. The molecule has 0 aliphatic rings. The third-order valence-corrected chi connectivity index (χ3v) is 2.73. The van der Waals surface area contributed by atoms with E-state index in [1.165, 1.54) is 18.2 Å². The molecule has 2 aromatic rings. The predicted octanol–water partition coefficient (Wildman–Crippen LogP) is 4.11. The minimum Gasteiger partial charge on any atom is -0.506 e. The van der Waals surface area contributed by atoms with Crippen LogP contribution in [0.1, 0.15) is 0 Å². The molecule has 2 aromatic carbocycles. The summed E-state index contributed by atoms with van der Waals surface area (Å²) in [6, 6.07) is 4.48. The van der Waals surface area contributed by atoms with E-state index in [2.05, 4.69) is 5.32 Å². The highest BCUT2D eigenvalue weighted by Crippen LogP contribution is 2.27. The van der Waals surface area contributed by atoms with Gasteiger partial charge in [-0.15, -0.1) is 0 Å². The Kier molecular flexibility index (Phi) is 4.23. The van der Waals surface area contributed by atoms with Crippen LogP contribution in [0, 0.1) is 17.5 Å². The second-order valence-electron chi connectivity index (χ2n) is 3.96. The first-order valence-corrected chi connectivity index (χ1v) is 5.96. The van der Waals surface area contributed by atoms with Gasteiger partial charge in [0.25, 0.3) is 0 Å². The molecule has 0 aliphatic heterocycles. The zero-order chi connectivity index (χ0) is 15.6. The van der Waals surface area contributed by atoms with Gasteiger partial charge in [-0.2, -0.15) is 0 Å². The van der Waals surface area contributed by atoms with E-state index in [4.69, 9.17) is 11.6 Å². The van der Waals surface area contributed by atoms with Crippen molar-refractivity contribution in [2.24, 2.45) is 0 Å². The largest absolute Gasteiger partial charge is 0.506 e. The van der Waals surface area contributed by atoms with E-state index in [0.717, 1.165) is 6.07 Å². The molecule has 3 N–H and O–H groups in total. The van der Waals surface area contributed by atoms with Crippen LogP contribution < -0.4 is 10.6 Å². The van der Waals surface area contributed by atoms with Crippen molar-refractivity contribution in [3.63, 3.8) is 0 Å². The maximum atomic E-state index is 13.4. The highest BCUT2D eigenvalue weighted by Gasteiger charge is 2.15. The lowest BCUT2D eigenvalue weighted by atomic mass is 10.2. The monoisotopic (exact) mass is 316 g/mol. The van der Waals surface area contributed by atoms with Crippen molar-refractivity contribution in [1.82, 2.24) is 0 Å². The molecule has 0 bridgehead atoms. The molecule has 0 aliphatic carbocycles. The van der Waals surface area contributed by atoms with Gasteiger partial charge in [0.15, 0.2) is 17.5 Å². The lowest BCUT2D eigenvalue weighted by Gasteiger charge is -2.10. The smallest absolute Gasteiger partial charge is 0.323 e. The first kappa shape index (κ1) is 15.0. The second-order valence-corrected chi connectivity index (χ2v) is 4.40. The van der Waals surface area contributed by atoms with Crippen molar-refractivity contribution < 1.29 is 23.1 Å². The molecular weight excluding hydrogens is 309 g/mol. The van der Waals surface area contributed by atoms with Crippen molar-refractivity contribution in [2.75, 3.05) is 10.6 Å². The molecule has 0 unspecified atom stereocenters. The zero-order valence-corrected chi connectivity index (χ0v) is 11.0. The SMILES string of the molecule is O=C(Nc1cc(Cl)ccc1O)Nc1ccc(F)c(F)c1F. The number of carbonyl (C=O) groups excluding carboxylic acids is 1. The van der Waals surface area contributed by atoms with E-state index in [9.17, 15) is 23.1 Å². The minimum atomic E-state index is -1.70. The quantitative estimate of drug-likeness (QED) is 0.577. The number of anilines is 2. The van der Waals surface area contributed by atoms with Crippen molar-refractivity contribution in [1.29, 1.82) is 0 Å². The van der Waals surface area contributed by atoms with Crippen LogP contribution in [0.25, 0.3) is 0 Å². The molecule has 21 heavy (non-hydrogen) atoms. The average Bonchev–Trinajstić information content (AvgIpc) is 2.43. The van der Waals surface area contributed by atoms with Crippen LogP contribution in [0.2, 0.25) is 5.02 Å². The van der Waals surface area contributed by atoms with Crippen LogP contribution in [0.3, 0.4) is 0 Å². The molecule has 0 heterocycles. The fourth-order valence-corrected chi connectivity index (χ4v) is 1.68. The molecule has 2 amide bonds. The molecule has 0 aromatic heterocycles. The first-order chi connectivity index (χ1) is 9.88. The highest BCUT2D eigenvalue weighted by atomic mass is 35.5. The standard InChI is InChI=1S/C13H8ClF3N2O2/c14-6-1-4-10(20)9(5-6)19-13(21)18-8-3-2-7(15)11(16)12(8)17/h1-5,20H,(H2,18,19,21). The van der Waals surface area contributed by atoms with E-state index < -0.39 is 29.2 Å². The van der Waals surface area contributed by atoms with Gasteiger partial charge in [0.1, 0.15) is 5.75 Å². The number of amides is 2. The molecule has 0 fully saturated rings. The number of nitrogens with one attached hydrogen (secondary N) is 2. The van der Waals surface area contributed by atoms with Crippen LogP contribution in [-0.4, -0.2) is 11.1 Å². The third-order valence-electron chi connectivity index (χ3n) is 2.49. The molecule has 0 atom stereocenters. The van der Waals surface area contributed by atoms with E-state index in [1.807, 2.05) is 5.32 Å². The summed E-state index contributed by atoms with van der Waals surface area (Å²) in [6.45, 7) is 0. The van der Waals surface area contributed by atoms with E-state index in [0.29, 0.717) is 6.07 Å². The Morgan fingerprint density at radius 3 is 2.38 bits per heavy atom. The number of hydrogen-bond donors (Lipinski definition) is 3. The van der Waals surface area contributed by atoms with Gasteiger partial charge in [0.2, 0.25) is 0 Å². The maximum Gasteiger partial charge on any atom is 0.323 e. The van der Waals surface area contributed by atoms with Gasteiger partial charge >= 0.3 is 6.03 Å². The molecule has 0 saturated carbocycles. The number of halogens is 4. The van der Waals surface area contributed by atoms with Crippen molar-refractivity contribution in [2.45, 2.75) is 0 Å². The van der Waals surface area contributed by atoms with E-state index >= 15 is 0 Å². The fourth-order valence-electron chi connectivity index (χ4n) is 1.51. The topological polar surface area (TPSA) is 61.4 Å². The van der Waals surface area contributed by atoms with E-state index in [-0.39, 0.29) is 16.5 Å². The summed E-state index contributed by atoms with van der Waals surface area (Å²) in [7, 11) is 0. The number of phenolic OH excluding ortho intramolecular Hbond substituents is 1. The Morgan fingerprint density at radius 2 is 1.67 bits per heavy atom. The summed E-state index contributed by atoms with van der Waals surface area (Å²) in [4.78, 5) is 11.6. The van der Waals surface area contributed by atoms with Crippen LogP contribution in [0.4, 0.5) is 29.3 Å². The van der Waals surface area contributed by atoms with Gasteiger partial charge in [-0.1, -0.05) is 11.6 Å². The maximum absolute atomic E-state index is 13.4. The van der Waals surface area contributed by atoms with Gasteiger partial charge in [0.05, 0.1) is 11.4 Å². The van der Waals surface area contributed by atoms with Crippen LogP contribution in [0.15, 0.2) is 30.3 Å². The summed E-state index contributed by atoms with van der Waals surface area (Å²) < 4.78 is 39.1. The number of benzene rings is 2. The number of urea groups is 1. The fraction of sp³-hybridized carbons (Fsp3) is 0. The van der Waals surface area contributed by atoms with Crippen LogP contribution >= 0.6 is 11.6 Å². The number of carbonyl (C=O) groups is 1. The molecule has 8 heteroatoms. The number of phenols is 1. The predicted molar refractivity (Wildman–Crippen MR) is 72.1 cm³/mol. The second kappa shape index (κ2) is 5.92. The van der Waals surface area contributed by atoms with Gasteiger partial charge in [0, 0.05) is 5.02 Å². The Bertz CT molecular complexity index is 710. The molecule has 0 saturated heterocycles. The van der Waals surface area contributed by atoms with Gasteiger partial charge < -0.3 is 15.7 Å². The average molecular weight is 317 g/mol. The third kappa shape index (κ3) is 3.38. The molecule has 2 rings (SSSR count). The van der Waals surface area contributed by atoms with E-state index in [1.54, 1.807) is 0 Å². The lowest BCUT2D eigenvalue weighted by molar-refractivity contribution is 0.262. The summed E-state index contributed by atoms with van der Waals surface area (Å²) >= 11 is 5.69. The molecule has 4 nitrogen and oxygen atoms in total. The summed E-state index contributed by atoms with van der Waals surface area (Å²) in [6.07, 6.45) is 0. The van der Waals surface area contributed by atoms with Crippen LogP contribution in [-0.2, 0) is 0 Å². The van der Waals surface area contributed by atoms with Crippen molar-refractivity contribution >= 4 is 29.0 Å².